The summed E-state index contributed by atoms with van der Waals surface area (Å²) in [5, 5.41) is 0.409. The molecule has 20 heavy (non-hydrogen) atoms. The van der Waals surface area contributed by atoms with Crippen molar-refractivity contribution in [2.75, 3.05) is 0 Å². The van der Waals surface area contributed by atoms with E-state index in [4.69, 9.17) is 16.3 Å². The van der Waals surface area contributed by atoms with Gasteiger partial charge in [0.2, 0.25) is 5.88 Å². The fourth-order valence-corrected chi connectivity index (χ4v) is 2.07. The van der Waals surface area contributed by atoms with Crippen molar-refractivity contribution in [3.05, 3.63) is 46.9 Å². The van der Waals surface area contributed by atoms with Crippen molar-refractivity contribution in [3.8, 4) is 11.6 Å². The molecule has 0 saturated carbocycles. The largest absolute Gasteiger partial charge is 0.439 e. The molecule has 0 aliphatic heterocycles. The minimum absolute atomic E-state index is 0.409. The number of benzene rings is 1. The zero-order valence-electron chi connectivity index (χ0n) is 11.9. The number of hydrogen-bond acceptors (Lipinski definition) is 3. The SMILES string of the molecule is CCCCc1ccc(Oc2cc(Cl)nc(CC)n2)cc1. The maximum atomic E-state index is 5.95. The first-order chi connectivity index (χ1) is 9.71. The zero-order valence-corrected chi connectivity index (χ0v) is 12.7. The summed E-state index contributed by atoms with van der Waals surface area (Å²) in [4.78, 5) is 8.42. The molecule has 0 amide bonds. The molecule has 1 aromatic carbocycles. The van der Waals surface area contributed by atoms with Gasteiger partial charge in [0.25, 0.3) is 0 Å². The molecule has 0 spiro atoms. The van der Waals surface area contributed by atoms with Crippen LogP contribution in [0.4, 0.5) is 0 Å². The first-order valence-electron chi connectivity index (χ1n) is 7.01. The lowest BCUT2D eigenvalue weighted by atomic mass is 10.1. The van der Waals surface area contributed by atoms with Gasteiger partial charge in [-0.15, -0.1) is 0 Å². The van der Waals surface area contributed by atoms with Crippen LogP contribution in [0, 0.1) is 0 Å². The normalized spacial score (nSPS) is 10.6. The van der Waals surface area contributed by atoms with Crippen molar-refractivity contribution in [1.29, 1.82) is 0 Å². The summed E-state index contributed by atoms with van der Waals surface area (Å²) in [6.07, 6.45) is 4.25. The summed E-state index contributed by atoms with van der Waals surface area (Å²) >= 11 is 5.95. The Kier molecular flexibility index (Phi) is 5.36. The van der Waals surface area contributed by atoms with E-state index in [1.54, 1.807) is 6.07 Å². The second-order valence-corrected chi connectivity index (χ2v) is 5.04. The number of nitrogens with zero attached hydrogens (tertiary/aromatic N) is 2. The van der Waals surface area contributed by atoms with Gasteiger partial charge in [0.1, 0.15) is 16.7 Å². The number of rotatable bonds is 6. The topological polar surface area (TPSA) is 35.0 Å². The third-order valence-corrected chi connectivity index (χ3v) is 3.19. The molecule has 0 atom stereocenters. The van der Waals surface area contributed by atoms with E-state index in [9.17, 15) is 0 Å². The summed E-state index contributed by atoms with van der Waals surface area (Å²) in [6, 6.07) is 9.74. The minimum Gasteiger partial charge on any atom is -0.439 e. The van der Waals surface area contributed by atoms with Gasteiger partial charge >= 0.3 is 0 Å². The molecule has 3 nitrogen and oxygen atoms in total. The summed E-state index contributed by atoms with van der Waals surface area (Å²) in [5.74, 6) is 1.94. The molecule has 106 valence electrons. The molecular weight excluding hydrogens is 272 g/mol. The zero-order chi connectivity index (χ0) is 14.4. The fourth-order valence-electron chi connectivity index (χ4n) is 1.88. The van der Waals surface area contributed by atoms with Gasteiger partial charge in [0.15, 0.2) is 0 Å². The van der Waals surface area contributed by atoms with E-state index in [2.05, 4.69) is 29.0 Å². The van der Waals surface area contributed by atoms with Crippen molar-refractivity contribution >= 4 is 11.6 Å². The maximum absolute atomic E-state index is 5.95. The van der Waals surface area contributed by atoms with Gasteiger partial charge in [-0.05, 0) is 30.5 Å². The van der Waals surface area contributed by atoms with Crippen LogP contribution in [0.3, 0.4) is 0 Å². The Morgan fingerprint density at radius 3 is 2.50 bits per heavy atom. The Labute approximate surface area is 125 Å². The van der Waals surface area contributed by atoms with Crippen LogP contribution in [0.2, 0.25) is 5.15 Å². The first-order valence-corrected chi connectivity index (χ1v) is 7.39. The summed E-state index contributed by atoms with van der Waals surface area (Å²) in [6.45, 7) is 4.18. The molecule has 0 unspecified atom stereocenters. The van der Waals surface area contributed by atoms with E-state index in [1.165, 1.54) is 18.4 Å². The van der Waals surface area contributed by atoms with Crippen LogP contribution in [0.5, 0.6) is 11.6 Å². The molecule has 1 aromatic heterocycles. The second kappa shape index (κ2) is 7.25. The Morgan fingerprint density at radius 2 is 1.85 bits per heavy atom. The van der Waals surface area contributed by atoms with Crippen LogP contribution in [-0.2, 0) is 12.8 Å². The first kappa shape index (κ1) is 14.8. The lowest BCUT2D eigenvalue weighted by Crippen LogP contribution is -1.96. The highest BCUT2D eigenvalue weighted by Gasteiger charge is 2.04. The number of hydrogen-bond donors (Lipinski definition) is 0. The van der Waals surface area contributed by atoms with Crippen LogP contribution in [-0.4, -0.2) is 9.97 Å². The number of unbranched alkanes of at least 4 members (excludes halogenated alkanes) is 1. The van der Waals surface area contributed by atoms with Crippen molar-refractivity contribution in [3.63, 3.8) is 0 Å². The molecular formula is C16H19ClN2O. The Bertz CT molecular complexity index is 555. The Hall–Kier alpha value is -1.61. The van der Waals surface area contributed by atoms with Gasteiger partial charge in [-0.1, -0.05) is 44.0 Å². The highest BCUT2D eigenvalue weighted by molar-refractivity contribution is 6.29. The fraction of sp³-hybridized carbons (Fsp3) is 0.375. The highest BCUT2D eigenvalue weighted by Crippen LogP contribution is 2.22. The van der Waals surface area contributed by atoms with E-state index >= 15 is 0 Å². The smallest absolute Gasteiger partial charge is 0.224 e. The molecule has 0 saturated heterocycles. The third kappa shape index (κ3) is 4.20. The van der Waals surface area contributed by atoms with Gasteiger partial charge in [-0.25, -0.2) is 4.98 Å². The molecule has 2 rings (SSSR count). The molecule has 0 radical (unpaired) electrons. The highest BCUT2D eigenvalue weighted by atomic mass is 35.5. The van der Waals surface area contributed by atoms with Crippen LogP contribution in [0.1, 0.15) is 38.1 Å². The molecule has 4 heteroatoms. The molecule has 0 bridgehead atoms. The Morgan fingerprint density at radius 1 is 1.10 bits per heavy atom. The number of aromatic nitrogens is 2. The standard InChI is InChI=1S/C16H19ClN2O/c1-3-5-6-12-7-9-13(10-8-12)20-16-11-14(17)18-15(4-2)19-16/h7-11H,3-6H2,1-2H3. The molecule has 1 heterocycles. The van der Waals surface area contributed by atoms with Crippen molar-refractivity contribution in [2.24, 2.45) is 0 Å². The summed E-state index contributed by atoms with van der Waals surface area (Å²) in [7, 11) is 0. The van der Waals surface area contributed by atoms with E-state index in [-0.39, 0.29) is 0 Å². The molecule has 0 N–H and O–H groups in total. The quantitative estimate of drug-likeness (QED) is 0.715. The maximum Gasteiger partial charge on any atom is 0.224 e. The van der Waals surface area contributed by atoms with Gasteiger partial charge in [0, 0.05) is 12.5 Å². The Balaban J connectivity index is 2.07. The molecule has 0 aliphatic carbocycles. The predicted molar refractivity (Wildman–Crippen MR) is 81.5 cm³/mol. The van der Waals surface area contributed by atoms with Gasteiger partial charge < -0.3 is 4.74 Å². The summed E-state index contributed by atoms with van der Waals surface area (Å²) in [5.41, 5.74) is 1.33. The predicted octanol–water partition coefficient (Wildman–Crippen LogP) is 4.83. The van der Waals surface area contributed by atoms with E-state index in [0.717, 1.165) is 18.6 Å². The van der Waals surface area contributed by atoms with Crippen LogP contribution in [0.25, 0.3) is 0 Å². The average molecular weight is 291 g/mol. The van der Waals surface area contributed by atoms with Crippen LogP contribution < -0.4 is 4.74 Å². The van der Waals surface area contributed by atoms with E-state index < -0.39 is 0 Å². The van der Waals surface area contributed by atoms with Gasteiger partial charge in [-0.3, -0.25) is 0 Å². The van der Waals surface area contributed by atoms with Crippen LogP contribution in [0.15, 0.2) is 30.3 Å². The van der Waals surface area contributed by atoms with E-state index in [0.29, 0.717) is 16.9 Å². The van der Waals surface area contributed by atoms with Gasteiger partial charge in [-0.2, -0.15) is 4.98 Å². The average Bonchev–Trinajstić information content (AvgIpc) is 2.46. The number of aryl methyl sites for hydroxylation is 2. The molecule has 0 fully saturated rings. The van der Waals surface area contributed by atoms with Crippen molar-refractivity contribution < 1.29 is 4.74 Å². The third-order valence-electron chi connectivity index (χ3n) is 3.00. The van der Waals surface area contributed by atoms with Crippen molar-refractivity contribution in [1.82, 2.24) is 9.97 Å². The number of halogens is 1. The minimum atomic E-state index is 0.409. The lowest BCUT2D eigenvalue weighted by molar-refractivity contribution is 0.458. The van der Waals surface area contributed by atoms with Crippen molar-refractivity contribution in [2.45, 2.75) is 39.5 Å². The van der Waals surface area contributed by atoms with E-state index in [1.807, 2.05) is 19.1 Å². The van der Waals surface area contributed by atoms with Gasteiger partial charge in [0.05, 0.1) is 0 Å². The molecule has 0 aliphatic rings. The number of ether oxygens (including phenoxy) is 1. The van der Waals surface area contributed by atoms with Crippen LogP contribution >= 0.6 is 11.6 Å². The molecule has 2 aromatic rings. The second-order valence-electron chi connectivity index (χ2n) is 4.65. The monoisotopic (exact) mass is 290 g/mol. The summed E-state index contributed by atoms with van der Waals surface area (Å²) < 4.78 is 5.73. The lowest BCUT2D eigenvalue weighted by Gasteiger charge is -2.07.